The molecule has 2 heteroatoms. The zero-order valence-electron chi connectivity index (χ0n) is 9.87. The van der Waals surface area contributed by atoms with Gasteiger partial charge >= 0.3 is 0 Å². The van der Waals surface area contributed by atoms with Gasteiger partial charge in [0.05, 0.1) is 6.04 Å². The van der Waals surface area contributed by atoms with Crippen molar-refractivity contribution >= 4 is 15.9 Å². The van der Waals surface area contributed by atoms with Gasteiger partial charge < -0.3 is 4.57 Å². The lowest BCUT2D eigenvalue weighted by molar-refractivity contribution is 0.610. The molecule has 1 aromatic carbocycles. The average Bonchev–Trinajstić information content (AvgIpc) is 2.58. The summed E-state index contributed by atoms with van der Waals surface area (Å²) in [6, 6.07) is 13.2. The fourth-order valence-electron chi connectivity index (χ4n) is 2.21. The predicted octanol–water partition coefficient (Wildman–Crippen LogP) is 4.48. The molecule has 2 rings (SSSR count). The lowest BCUT2D eigenvalue weighted by Crippen LogP contribution is -2.09. The summed E-state index contributed by atoms with van der Waals surface area (Å²) < 4.78 is 3.50. The van der Waals surface area contributed by atoms with Gasteiger partial charge in [-0.1, -0.05) is 28.1 Å². The van der Waals surface area contributed by atoms with E-state index in [4.69, 9.17) is 0 Å². The van der Waals surface area contributed by atoms with Crippen molar-refractivity contribution < 1.29 is 0 Å². The van der Waals surface area contributed by atoms with E-state index in [0.717, 1.165) is 4.47 Å². The van der Waals surface area contributed by atoms with Crippen LogP contribution in [-0.4, -0.2) is 4.57 Å². The minimum Gasteiger partial charge on any atom is -0.342 e. The Kier molecular flexibility index (Phi) is 3.20. The van der Waals surface area contributed by atoms with Crippen molar-refractivity contribution in [2.45, 2.75) is 26.8 Å². The van der Waals surface area contributed by atoms with Crippen molar-refractivity contribution in [1.29, 1.82) is 0 Å². The first-order chi connectivity index (χ1) is 7.59. The van der Waals surface area contributed by atoms with Crippen LogP contribution < -0.4 is 0 Å². The monoisotopic (exact) mass is 277 g/mol. The van der Waals surface area contributed by atoms with E-state index in [1.807, 2.05) is 0 Å². The first-order valence-corrected chi connectivity index (χ1v) is 6.29. The zero-order chi connectivity index (χ0) is 11.7. The van der Waals surface area contributed by atoms with Crippen LogP contribution in [0.25, 0.3) is 0 Å². The van der Waals surface area contributed by atoms with Crippen molar-refractivity contribution in [2.75, 3.05) is 0 Å². The van der Waals surface area contributed by atoms with Crippen molar-refractivity contribution in [3.63, 3.8) is 0 Å². The molecular weight excluding hydrogens is 262 g/mol. The maximum Gasteiger partial charge on any atom is 0.0557 e. The van der Waals surface area contributed by atoms with Crippen LogP contribution in [0.2, 0.25) is 0 Å². The molecule has 0 unspecified atom stereocenters. The third kappa shape index (κ3) is 2.07. The quantitative estimate of drug-likeness (QED) is 0.763. The molecule has 0 aliphatic carbocycles. The van der Waals surface area contributed by atoms with Gasteiger partial charge in [0.1, 0.15) is 0 Å². The number of rotatable bonds is 2. The van der Waals surface area contributed by atoms with E-state index >= 15 is 0 Å². The molecule has 16 heavy (non-hydrogen) atoms. The first-order valence-electron chi connectivity index (χ1n) is 5.49. The minimum atomic E-state index is 0.382. The molecule has 1 atom stereocenters. The number of aromatic nitrogens is 1. The standard InChI is InChI=1S/C14H16BrN/c1-10-7-8-11(2)16(10)12(3)13-5-4-6-14(15)9-13/h4-9,12H,1-3H3/t12-/m1/s1. The average molecular weight is 278 g/mol. The molecule has 0 saturated carbocycles. The summed E-state index contributed by atoms with van der Waals surface area (Å²) in [7, 11) is 0. The Balaban J connectivity index is 2.43. The summed E-state index contributed by atoms with van der Waals surface area (Å²) in [5, 5.41) is 0. The summed E-state index contributed by atoms with van der Waals surface area (Å²) >= 11 is 3.52. The summed E-state index contributed by atoms with van der Waals surface area (Å²) in [5.41, 5.74) is 3.95. The van der Waals surface area contributed by atoms with E-state index in [0.29, 0.717) is 6.04 Å². The van der Waals surface area contributed by atoms with E-state index < -0.39 is 0 Å². The number of hydrogen-bond acceptors (Lipinski definition) is 0. The second kappa shape index (κ2) is 4.46. The van der Waals surface area contributed by atoms with Crippen LogP contribution in [0.3, 0.4) is 0 Å². The predicted molar refractivity (Wildman–Crippen MR) is 71.9 cm³/mol. The molecule has 2 aromatic rings. The van der Waals surface area contributed by atoms with Crippen molar-refractivity contribution in [3.8, 4) is 0 Å². The lowest BCUT2D eigenvalue weighted by Gasteiger charge is -2.19. The Bertz CT molecular complexity index is 480. The zero-order valence-corrected chi connectivity index (χ0v) is 11.5. The molecule has 1 nitrogen and oxygen atoms in total. The Morgan fingerprint density at radius 1 is 1.06 bits per heavy atom. The molecule has 0 radical (unpaired) electrons. The molecule has 0 fully saturated rings. The molecule has 0 amide bonds. The maximum absolute atomic E-state index is 3.52. The van der Waals surface area contributed by atoms with E-state index in [1.54, 1.807) is 0 Å². The Labute approximate surface area is 105 Å². The lowest BCUT2D eigenvalue weighted by atomic mass is 10.1. The number of aryl methyl sites for hydroxylation is 2. The molecule has 0 N–H and O–H groups in total. The Hall–Kier alpha value is -1.02. The van der Waals surface area contributed by atoms with Gasteiger partial charge in [0, 0.05) is 15.9 Å². The highest BCUT2D eigenvalue weighted by Crippen LogP contribution is 2.24. The van der Waals surface area contributed by atoms with Crippen LogP contribution in [0.5, 0.6) is 0 Å². The molecule has 84 valence electrons. The van der Waals surface area contributed by atoms with Gasteiger partial charge in [-0.15, -0.1) is 0 Å². The Morgan fingerprint density at radius 2 is 1.69 bits per heavy atom. The fourth-order valence-corrected chi connectivity index (χ4v) is 2.62. The van der Waals surface area contributed by atoms with Crippen LogP contribution in [0, 0.1) is 13.8 Å². The van der Waals surface area contributed by atoms with Crippen LogP contribution in [0.1, 0.15) is 29.9 Å². The molecule has 0 bridgehead atoms. The third-order valence-electron chi connectivity index (χ3n) is 3.04. The largest absolute Gasteiger partial charge is 0.342 e. The van der Waals surface area contributed by atoms with Crippen molar-refractivity contribution in [3.05, 3.63) is 57.8 Å². The highest BCUT2D eigenvalue weighted by Gasteiger charge is 2.11. The number of hydrogen-bond donors (Lipinski definition) is 0. The van der Waals surface area contributed by atoms with Gasteiger partial charge in [-0.25, -0.2) is 0 Å². The highest BCUT2D eigenvalue weighted by atomic mass is 79.9. The molecule has 0 spiro atoms. The fraction of sp³-hybridized carbons (Fsp3) is 0.286. The summed E-state index contributed by atoms with van der Waals surface area (Å²) in [6.07, 6.45) is 0. The number of nitrogens with zero attached hydrogens (tertiary/aromatic N) is 1. The maximum atomic E-state index is 3.52. The van der Waals surface area contributed by atoms with Gasteiger partial charge in [0.25, 0.3) is 0 Å². The van der Waals surface area contributed by atoms with Crippen LogP contribution in [-0.2, 0) is 0 Å². The van der Waals surface area contributed by atoms with Gasteiger partial charge in [0.2, 0.25) is 0 Å². The summed E-state index contributed by atoms with van der Waals surface area (Å²) in [5.74, 6) is 0. The van der Waals surface area contributed by atoms with E-state index in [9.17, 15) is 0 Å². The summed E-state index contributed by atoms with van der Waals surface area (Å²) in [6.45, 7) is 6.55. The molecule has 0 aliphatic rings. The van der Waals surface area contributed by atoms with Gasteiger partial charge in [-0.2, -0.15) is 0 Å². The van der Waals surface area contributed by atoms with Crippen molar-refractivity contribution in [2.24, 2.45) is 0 Å². The van der Waals surface area contributed by atoms with Crippen LogP contribution >= 0.6 is 15.9 Å². The second-order valence-corrected chi connectivity index (χ2v) is 5.13. The van der Waals surface area contributed by atoms with Gasteiger partial charge in [-0.3, -0.25) is 0 Å². The van der Waals surface area contributed by atoms with Crippen LogP contribution in [0.4, 0.5) is 0 Å². The van der Waals surface area contributed by atoms with Crippen LogP contribution in [0.15, 0.2) is 40.9 Å². The first kappa shape index (κ1) is 11.5. The number of halogens is 1. The third-order valence-corrected chi connectivity index (χ3v) is 3.54. The molecular formula is C14H16BrN. The van der Waals surface area contributed by atoms with E-state index in [2.05, 4.69) is 77.7 Å². The minimum absolute atomic E-state index is 0.382. The smallest absolute Gasteiger partial charge is 0.0557 e. The highest BCUT2D eigenvalue weighted by molar-refractivity contribution is 9.10. The number of benzene rings is 1. The summed E-state index contributed by atoms with van der Waals surface area (Å²) in [4.78, 5) is 0. The Morgan fingerprint density at radius 3 is 2.25 bits per heavy atom. The topological polar surface area (TPSA) is 4.93 Å². The molecule has 1 heterocycles. The van der Waals surface area contributed by atoms with Gasteiger partial charge in [-0.05, 0) is 50.6 Å². The molecule has 1 aromatic heterocycles. The SMILES string of the molecule is Cc1ccc(C)n1[C@H](C)c1cccc(Br)c1. The van der Waals surface area contributed by atoms with Gasteiger partial charge in [0.15, 0.2) is 0 Å². The molecule has 0 aliphatic heterocycles. The van der Waals surface area contributed by atoms with E-state index in [1.165, 1.54) is 17.0 Å². The normalized spacial score (nSPS) is 12.8. The van der Waals surface area contributed by atoms with Crippen molar-refractivity contribution in [1.82, 2.24) is 4.57 Å². The van der Waals surface area contributed by atoms with E-state index in [-0.39, 0.29) is 0 Å². The second-order valence-electron chi connectivity index (χ2n) is 4.22. The molecule has 0 saturated heterocycles.